The summed E-state index contributed by atoms with van der Waals surface area (Å²) in [4.78, 5) is 14.9. The summed E-state index contributed by atoms with van der Waals surface area (Å²) in [5, 5.41) is 10.5. The topological polar surface area (TPSA) is 70.2 Å². The average molecular weight is 397 g/mol. The number of ether oxygens (including phenoxy) is 1. The number of aromatic amines is 1. The molecule has 2 heterocycles. The maximum atomic E-state index is 12.6. The van der Waals surface area contributed by atoms with Crippen LogP contribution in [0.4, 0.5) is 5.69 Å². The third kappa shape index (κ3) is 4.18. The number of rotatable bonds is 5. The van der Waals surface area contributed by atoms with E-state index in [4.69, 9.17) is 16.3 Å². The lowest BCUT2D eigenvalue weighted by Crippen LogP contribution is -2.36. The van der Waals surface area contributed by atoms with Gasteiger partial charge in [0.05, 0.1) is 30.7 Å². The minimum atomic E-state index is -0.170. The normalized spacial score (nSPS) is 14.1. The predicted molar refractivity (Wildman–Crippen MR) is 110 cm³/mol. The highest BCUT2D eigenvalue weighted by Crippen LogP contribution is 2.23. The molecule has 1 amide bonds. The first-order valence-corrected chi connectivity index (χ1v) is 9.57. The van der Waals surface area contributed by atoms with E-state index in [9.17, 15) is 4.79 Å². The number of morpholine rings is 1. The third-order valence-electron chi connectivity index (χ3n) is 4.78. The zero-order valence-electron chi connectivity index (χ0n) is 15.3. The van der Waals surface area contributed by atoms with E-state index in [2.05, 4.69) is 32.5 Å². The molecule has 1 aliphatic heterocycles. The van der Waals surface area contributed by atoms with Crippen LogP contribution >= 0.6 is 11.6 Å². The Bertz CT molecular complexity index is 932. The number of nitrogens with zero attached hydrogens (tertiary/aromatic N) is 2. The molecule has 1 fully saturated rings. The fraction of sp³-hybridized carbons (Fsp3) is 0.238. The Morgan fingerprint density at radius 2 is 1.82 bits per heavy atom. The van der Waals surface area contributed by atoms with Gasteiger partial charge in [-0.2, -0.15) is 5.10 Å². The summed E-state index contributed by atoms with van der Waals surface area (Å²) in [5.74, 6) is -0.170. The summed E-state index contributed by atoms with van der Waals surface area (Å²) in [6, 6.07) is 15.5. The van der Waals surface area contributed by atoms with Gasteiger partial charge in [0.15, 0.2) is 0 Å². The molecule has 0 bridgehead atoms. The lowest BCUT2D eigenvalue weighted by molar-refractivity contribution is 0.0951. The van der Waals surface area contributed by atoms with Crippen molar-refractivity contribution in [2.45, 2.75) is 6.54 Å². The minimum absolute atomic E-state index is 0.170. The molecule has 2 N–H and O–H groups in total. The van der Waals surface area contributed by atoms with Crippen molar-refractivity contribution >= 4 is 23.2 Å². The van der Waals surface area contributed by atoms with Crippen LogP contribution in [0.2, 0.25) is 5.02 Å². The number of carbonyl (C=O) groups excluding carboxylic acids is 1. The first-order chi connectivity index (χ1) is 13.7. The highest BCUT2D eigenvalue weighted by Gasteiger charge is 2.15. The van der Waals surface area contributed by atoms with E-state index >= 15 is 0 Å². The van der Waals surface area contributed by atoms with E-state index < -0.39 is 0 Å². The number of H-pyrrole nitrogens is 1. The number of benzene rings is 2. The van der Waals surface area contributed by atoms with Crippen molar-refractivity contribution in [1.29, 1.82) is 0 Å². The van der Waals surface area contributed by atoms with Gasteiger partial charge in [0.1, 0.15) is 0 Å². The molecule has 7 heteroatoms. The van der Waals surface area contributed by atoms with Crippen LogP contribution in [0.3, 0.4) is 0 Å². The SMILES string of the molecule is O=C(NCc1ccc(N2CCOCC2)cc1)c1cn[nH]c1-c1ccc(Cl)cc1. The maximum Gasteiger partial charge on any atom is 0.255 e. The van der Waals surface area contributed by atoms with E-state index in [0.717, 1.165) is 37.4 Å². The van der Waals surface area contributed by atoms with Crippen molar-refractivity contribution in [2.24, 2.45) is 0 Å². The Morgan fingerprint density at radius 3 is 2.54 bits per heavy atom. The van der Waals surface area contributed by atoms with Gasteiger partial charge in [-0.25, -0.2) is 0 Å². The number of hydrogen-bond donors (Lipinski definition) is 2. The van der Waals surface area contributed by atoms with Crippen LogP contribution in [-0.2, 0) is 11.3 Å². The quantitative estimate of drug-likeness (QED) is 0.692. The summed E-state index contributed by atoms with van der Waals surface area (Å²) in [6.45, 7) is 3.79. The number of aromatic nitrogens is 2. The molecule has 28 heavy (non-hydrogen) atoms. The molecule has 6 nitrogen and oxygen atoms in total. The first kappa shape index (κ1) is 18.5. The Kier molecular flexibility index (Phi) is 5.60. The van der Waals surface area contributed by atoms with E-state index in [1.54, 1.807) is 18.3 Å². The summed E-state index contributed by atoms with van der Waals surface area (Å²) in [5.41, 5.74) is 4.27. The Labute approximate surface area is 168 Å². The number of hydrogen-bond acceptors (Lipinski definition) is 4. The molecule has 1 aliphatic rings. The van der Waals surface area contributed by atoms with Crippen molar-refractivity contribution < 1.29 is 9.53 Å². The standard InChI is InChI=1S/C21H21ClN4O2/c22-17-5-3-16(4-6-17)20-19(14-24-25-20)21(27)23-13-15-1-7-18(8-2-15)26-9-11-28-12-10-26/h1-8,14H,9-13H2,(H,23,27)(H,24,25). The molecular weight excluding hydrogens is 376 g/mol. The summed E-state index contributed by atoms with van der Waals surface area (Å²) < 4.78 is 5.39. The highest BCUT2D eigenvalue weighted by molar-refractivity contribution is 6.30. The second kappa shape index (κ2) is 8.46. The molecule has 0 unspecified atom stereocenters. The van der Waals surface area contributed by atoms with Gasteiger partial charge >= 0.3 is 0 Å². The van der Waals surface area contributed by atoms with Gasteiger partial charge in [0.2, 0.25) is 0 Å². The highest BCUT2D eigenvalue weighted by atomic mass is 35.5. The van der Waals surface area contributed by atoms with Crippen LogP contribution in [0.1, 0.15) is 15.9 Å². The van der Waals surface area contributed by atoms with Crippen LogP contribution in [0.15, 0.2) is 54.7 Å². The molecule has 1 saturated heterocycles. The largest absolute Gasteiger partial charge is 0.378 e. The molecule has 0 spiro atoms. The van der Waals surface area contributed by atoms with Crippen LogP contribution in [-0.4, -0.2) is 42.4 Å². The Balaban J connectivity index is 1.40. The molecule has 0 radical (unpaired) electrons. The van der Waals surface area contributed by atoms with Crippen LogP contribution < -0.4 is 10.2 Å². The smallest absolute Gasteiger partial charge is 0.255 e. The van der Waals surface area contributed by atoms with Crippen LogP contribution in [0.5, 0.6) is 0 Å². The lowest BCUT2D eigenvalue weighted by Gasteiger charge is -2.28. The monoisotopic (exact) mass is 396 g/mol. The minimum Gasteiger partial charge on any atom is -0.378 e. The van der Waals surface area contributed by atoms with Crippen molar-refractivity contribution in [2.75, 3.05) is 31.2 Å². The number of anilines is 1. The maximum absolute atomic E-state index is 12.6. The van der Waals surface area contributed by atoms with Gasteiger partial charge in [-0.3, -0.25) is 9.89 Å². The summed E-state index contributed by atoms with van der Waals surface area (Å²) in [7, 11) is 0. The van der Waals surface area contributed by atoms with Crippen molar-refractivity contribution in [3.63, 3.8) is 0 Å². The van der Waals surface area contributed by atoms with Crippen LogP contribution in [0, 0.1) is 0 Å². The molecule has 2 aromatic carbocycles. The van der Waals surface area contributed by atoms with Gasteiger partial charge in [-0.05, 0) is 29.8 Å². The molecule has 1 aromatic heterocycles. The van der Waals surface area contributed by atoms with E-state index in [-0.39, 0.29) is 5.91 Å². The van der Waals surface area contributed by atoms with Gasteiger partial charge in [-0.1, -0.05) is 35.9 Å². The Morgan fingerprint density at radius 1 is 1.11 bits per heavy atom. The number of halogens is 1. The Hall–Kier alpha value is -2.83. The fourth-order valence-electron chi connectivity index (χ4n) is 3.22. The van der Waals surface area contributed by atoms with Crippen molar-refractivity contribution in [3.05, 3.63) is 70.9 Å². The third-order valence-corrected chi connectivity index (χ3v) is 5.03. The number of nitrogens with one attached hydrogen (secondary N) is 2. The summed E-state index contributed by atoms with van der Waals surface area (Å²) >= 11 is 5.94. The lowest BCUT2D eigenvalue weighted by atomic mass is 10.1. The molecular formula is C21H21ClN4O2. The summed E-state index contributed by atoms with van der Waals surface area (Å²) in [6.07, 6.45) is 1.54. The molecule has 0 atom stereocenters. The van der Waals surface area contributed by atoms with E-state index in [1.807, 2.05) is 24.3 Å². The number of amides is 1. The zero-order chi connectivity index (χ0) is 19.3. The molecule has 4 rings (SSSR count). The van der Waals surface area contributed by atoms with Crippen LogP contribution in [0.25, 0.3) is 11.3 Å². The fourth-order valence-corrected chi connectivity index (χ4v) is 3.34. The molecule has 144 valence electrons. The molecule has 0 saturated carbocycles. The van der Waals surface area contributed by atoms with E-state index in [1.165, 1.54) is 5.69 Å². The average Bonchev–Trinajstić information content (AvgIpc) is 3.23. The zero-order valence-corrected chi connectivity index (χ0v) is 16.1. The second-order valence-electron chi connectivity index (χ2n) is 6.61. The molecule has 0 aliphatic carbocycles. The van der Waals surface area contributed by atoms with E-state index in [0.29, 0.717) is 22.8 Å². The predicted octanol–water partition coefficient (Wildman–Crippen LogP) is 3.50. The van der Waals surface area contributed by atoms with Crippen molar-refractivity contribution in [3.8, 4) is 11.3 Å². The van der Waals surface area contributed by atoms with Crippen molar-refractivity contribution in [1.82, 2.24) is 15.5 Å². The van der Waals surface area contributed by atoms with Gasteiger partial charge in [-0.15, -0.1) is 0 Å². The number of carbonyl (C=O) groups is 1. The van der Waals surface area contributed by atoms with Gasteiger partial charge < -0.3 is 15.0 Å². The first-order valence-electron chi connectivity index (χ1n) is 9.20. The second-order valence-corrected chi connectivity index (χ2v) is 7.05. The molecule has 3 aromatic rings. The van der Waals surface area contributed by atoms with Gasteiger partial charge in [0.25, 0.3) is 5.91 Å². The van der Waals surface area contributed by atoms with Gasteiger partial charge in [0, 0.05) is 35.9 Å².